The third-order valence-electron chi connectivity index (χ3n) is 2.57. The van der Waals surface area contributed by atoms with Crippen molar-refractivity contribution in [2.45, 2.75) is 12.5 Å². The summed E-state index contributed by atoms with van der Waals surface area (Å²) in [6.45, 7) is 0. The van der Waals surface area contributed by atoms with Crippen LogP contribution in [0.2, 0.25) is 0 Å². The van der Waals surface area contributed by atoms with Crippen LogP contribution in [0.3, 0.4) is 0 Å². The summed E-state index contributed by atoms with van der Waals surface area (Å²) < 4.78 is 25.1. The van der Waals surface area contributed by atoms with Gasteiger partial charge >= 0.3 is 0 Å². The second-order valence-electron chi connectivity index (χ2n) is 3.58. The quantitative estimate of drug-likeness (QED) is 0.822. The number of phenolic OH excluding ortho intramolecular Hbond substituents is 1. The van der Waals surface area contributed by atoms with E-state index in [0.717, 1.165) is 0 Å². The first-order chi connectivity index (χ1) is 7.61. The van der Waals surface area contributed by atoms with Gasteiger partial charge in [-0.2, -0.15) is 0 Å². The van der Waals surface area contributed by atoms with E-state index < -0.39 is 12.5 Å². The zero-order valence-electron chi connectivity index (χ0n) is 8.40. The Morgan fingerprint density at radius 3 is 2.25 bits per heavy atom. The smallest absolute Gasteiger partial charge is 0.257 e. The van der Waals surface area contributed by atoms with E-state index in [9.17, 15) is 13.9 Å². The summed E-state index contributed by atoms with van der Waals surface area (Å²) in [5.41, 5.74) is 5.77. The number of hydrogen-bond acceptors (Lipinski definition) is 2. The van der Waals surface area contributed by atoms with Crippen molar-refractivity contribution in [1.29, 1.82) is 0 Å². The van der Waals surface area contributed by atoms with Crippen molar-refractivity contribution in [3.8, 4) is 5.75 Å². The van der Waals surface area contributed by atoms with Crippen molar-refractivity contribution in [2.75, 3.05) is 0 Å². The van der Waals surface area contributed by atoms with E-state index in [2.05, 4.69) is 0 Å². The minimum Gasteiger partial charge on any atom is -0.507 e. The van der Waals surface area contributed by atoms with Crippen molar-refractivity contribution in [3.05, 3.63) is 42.0 Å². The molecule has 0 aliphatic carbocycles. The van der Waals surface area contributed by atoms with Gasteiger partial charge in [-0.15, -0.1) is 0 Å². The molecule has 4 heteroatoms. The van der Waals surface area contributed by atoms with Crippen LogP contribution in [-0.4, -0.2) is 11.5 Å². The summed E-state index contributed by atoms with van der Waals surface area (Å²) in [4.78, 5) is 0. The van der Waals surface area contributed by atoms with E-state index in [-0.39, 0.29) is 5.75 Å². The standard InChI is InChI=1S/C12H11F2NO/c13-12(14)11(15)9-5-6-10(16)8-4-2-1-3-7(8)9/h1-6,11-12,16H,15H2/t11-/m1/s1. The van der Waals surface area contributed by atoms with Crippen LogP contribution in [-0.2, 0) is 0 Å². The average Bonchev–Trinajstić information content (AvgIpc) is 2.29. The van der Waals surface area contributed by atoms with E-state index in [4.69, 9.17) is 5.73 Å². The first kappa shape index (κ1) is 10.8. The Hall–Kier alpha value is -1.68. The summed E-state index contributed by atoms with van der Waals surface area (Å²) in [6, 6.07) is 8.31. The number of hydrogen-bond donors (Lipinski definition) is 2. The molecule has 2 aromatic rings. The van der Waals surface area contributed by atoms with E-state index in [1.165, 1.54) is 12.1 Å². The summed E-state index contributed by atoms with van der Waals surface area (Å²) in [6.07, 6.45) is -2.62. The first-order valence-electron chi connectivity index (χ1n) is 4.85. The molecule has 2 rings (SSSR count). The van der Waals surface area contributed by atoms with Crippen LogP contribution >= 0.6 is 0 Å². The summed E-state index contributed by atoms with van der Waals surface area (Å²) >= 11 is 0. The number of rotatable bonds is 2. The van der Waals surface area contributed by atoms with E-state index in [0.29, 0.717) is 16.3 Å². The molecule has 0 amide bonds. The zero-order valence-corrected chi connectivity index (χ0v) is 8.40. The molecule has 0 radical (unpaired) electrons. The molecule has 0 aromatic heterocycles. The van der Waals surface area contributed by atoms with Crippen molar-refractivity contribution in [2.24, 2.45) is 5.73 Å². The molecule has 0 heterocycles. The Morgan fingerprint density at radius 1 is 1.00 bits per heavy atom. The van der Waals surface area contributed by atoms with Gasteiger partial charge in [-0.05, 0) is 17.0 Å². The fourth-order valence-electron chi connectivity index (χ4n) is 1.73. The second-order valence-corrected chi connectivity index (χ2v) is 3.58. The lowest BCUT2D eigenvalue weighted by Gasteiger charge is -2.14. The molecular formula is C12H11F2NO. The molecule has 84 valence electrons. The summed E-state index contributed by atoms with van der Waals surface area (Å²) in [5.74, 6) is 0.0702. The largest absolute Gasteiger partial charge is 0.507 e. The van der Waals surface area contributed by atoms with Gasteiger partial charge in [-0.1, -0.05) is 30.3 Å². The summed E-state index contributed by atoms with van der Waals surface area (Å²) in [7, 11) is 0. The number of aromatic hydroxyl groups is 1. The van der Waals surface area contributed by atoms with Crippen LogP contribution in [0.1, 0.15) is 11.6 Å². The molecule has 0 unspecified atom stereocenters. The van der Waals surface area contributed by atoms with Gasteiger partial charge in [0.25, 0.3) is 6.43 Å². The van der Waals surface area contributed by atoms with Gasteiger partial charge in [0.2, 0.25) is 0 Å². The third kappa shape index (κ3) is 1.72. The number of alkyl halides is 2. The molecule has 3 N–H and O–H groups in total. The van der Waals surface area contributed by atoms with Gasteiger partial charge in [-0.3, -0.25) is 0 Å². The molecular weight excluding hydrogens is 212 g/mol. The highest BCUT2D eigenvalue weighted by molar-refractivity contribution is 5.91. The Bertz CT molecular complexity index is 513. The molecule has 0 saturated heterocycles. The van der Waals surface area contributed by atoms with Crippen LogP contribution in [0.5, 0.6) is 5.75 Å². The van der Waals surface area contributed by atoms with Gasteiger partial charge in [0.15, 0.2) is 0 Å². The van der Waals surface area contributed by atoms with Crippen LogP contribution in [0, 0.1) is 0 Å². The Morgan fingerprint density at radius 2 is 1.62 bits per heavy atom. The Balaban J connectivity index is 2.67. The van der Waals surface area contributed by atoms with Crippen molar-refractivity contribution < 1.29 is 13.9 Å². The van der Waals surface area contributed by atoms with Gasteiger partial charge in [0.05, 0.1) is 6.04 Å². The Labute approximate surface area is 91.3 Å². The molecule has 16 heavy (non-hydrogen) atoms. The highest BCUT2D eigenvalue weighted by Gasteiger charge is 2.20. The topological polar surface area (TPSA) is 46.2 Å². The van der Waals surface area contributed by atoms with Gasteiger partial charge in [-0.25, -0.2) is 8.78 Å². The SMILES string of the molecule is N[C@H](c1ccc(O)c2ccccc12)C(F)F. The van der Waals surface area contributed by atoms with Crippen molar-refractivity contribution in [1.82, 2.24) is 0 Å². The first-order valence-corrected chi connectivity index (χ1v) is 4.85. The maximum Gasteiger partial charge on any atom is 0.257 e. The minimum atomic E-state index is -2.62. The van der Waals surface area contributed by atoms with E-state index >= 15 is 0 Å². The van der Waals surface area contributed by atoms with Gasteiger partial charge in [0.1, 0.15) is 5.75 Å². The monoisotopic (exact) mass is 223 g/mol. The molecule has 0 saturated carbocycles. The predicted molar refractivity (Wildman–Crippen MR) is 58.5 cm³/mol. The zero-order chi connectivity index (χ0) is 11.7. The molecule has 2 nitrogen and oxygen atoms in total. The lowest BCUT2D eigenvalue weighted by molar-refractivity contribution is 0.117. The normalized spacial score (nSPS) is 13.2. The maximum absolute atomic E-state index is 12.6. The molecule has 0 spiro atoms. The molecule has 0 aliphatic rings. The number of phenols is 1. The number of benzene rings is 2. The molecule has 2 aromatic carbocycles. The lowest BCUT2D eigenvalue weighted by Crippen LogP contribution is -2.19. The highest BCUT2D eigenvalue weighted by Crippen LogP contribution is 2.31. The predicted octanol–water partition coefficient (Wildman–Crippen LogP) is 2.81. The number of halogens is 2. The minimum absolute atomic E-state index is 0.0702. The van der Waals surface area contributed by atoms with E-state index in [1.807, 2.05) is 0 Å². The fourth-order valence-corrected chi connectivity index (χ4v) is 1.73. The van der Waals surface area contributed by atoms with Crippen LogP contribution in [0.15, 0.2) is 36.4 Å². The van der Waals surface area contributed by atoms with E-state index in [1.54, 1.807) is 24.3 Å². The second kappa shape index (κ2) is 4.06. The lowest BCUT2D eigenvalue weighted by atomic mass is 9.99. The van der Waals surface area contributed by atoms with Crippen molar-refractivity contribution in [3.63, 3.8) is 0 Å². The fraction of sp³-hybridized carbons (Fsp3) is 0.167. The molecule has 0 bridgehead atoms. The number of fused-ring (bicyclic) bond motifs is 1. The van der Waals surface area contributed by atoms with Gasteiger partial charge in [0, 0.05) is 5.39 Å². The Kier molecular flexibility index (Phi) is 2.75. The third-order valence-corrected chi connectivity index (χ3v) is 2.57. The molecule has 0 aliphatic heterocycles. The summed E-state index contributed by atoms with van der Waals surface area (Å²) in [5, 5.41) is 10.7. The van der Waals surface area contributed by atoms with Gasteiger partial charge < -0.3 is 10.8 Å². The number of nitrogens with two attached hydrogens (primary N) is 1. The highest BCUT2D eigenvalue weighted by atomic mass is 19.3. The van der Waals surface area contributed by atoms with Crippen LogP contribution in [0.4, 0.5) is 8.78 Å². The molecule has 1 atom stereocenters. The molecule has 0 fully saturated rings. The maximum atomic E-state index is 12.6. The van der Waals surface area contributed by atoms with Crippen molar-refractivity contribution >= 4 is 10.8 Å². The van der Waals surface area contributed by atoms with Crippen LogP contribution < -0.4 is 5.73 Å². The average molecular weight is 223 g/mol. The van der Waals surface area contributed by atoms with Crippen LogP contribution in [0.25, 0.3) is 10.8 Å².